The number of likely N-dealkylation sites (N-methyl/N-ethyl adjacent to an activating group) is 1. The molecule has 3 heterocycles. The molecule has 2 aliphatic rings. The number of carbonyl (C=O) groups excluding carboxylic acids is 1. The van der Waals surface area contributed by atoms with Crippen molar-refractivity contribution in [2.45, 2.75) is 57.5 Å². The van der Waals surface area contributed by atoms with Crippen molar-refractivity contribution in [3.05, 3.63) is 41.5 Å². The van der Waals surface area contributed by atoms with Gasteiger partial charge < -0.3 is 14.8 Å². The largest absolute Gasteiger partial charge is 0.374 e. The van der Waals surface area contributed by atoms with Crippen LogP contribution in [0.5, 0.6) is 0 Å². The Morgan fingerprint density at radius 1 is 1.27 bits per heavy atom. The number of benzene rings is 1. The van der Waals surface area contributed by atoms with Crippen LogP contribution in [0.1, 0.15) is 56.2 Å². The van der Waals surface area contributed by atoms with Crippen LogP contribution in [0.15, 0.2) is 24.3 Å². The Morgan fingerprint density at radius 3 is 2.92 bits per heavy atom. The van der Waals surface area contributed by atoms with E-state index in [0.717, 1.165) is 37.6 Å². The molecule has 26 heavy (non-hydrogen) atoms. The maximum Gasteiger partial charge on any atom is 0.221 e. The quantitative estimate of drug-likeness (QED) is 0.918. The van der Waals surface area contributed by atoms with E-state index in [1.54, 1.807) is 0 Å². The first-order chi connectivity index (χ1) is 12.5. The van der Waals surface area contributed by atoms with Gasteiger partial charge in [-0.1, -0.05) is 18.2 Å². The predicted molar refractivity (Wildman–Crippen MR) is 101 cm³/mol. The second-order valence-corrected chi connectivity index (χ2v) is 8.06. The van der Waals surface area contributed by atoms with E-state index < -0.39 is 5.54 Å². The molecular formula is C20H27N5O. The average molecular weight is 353 g/mol. The highest BCUT2D eigenvalue weighted by Crippen LogP contribution is 2.37. The highest BCUT2D eigenvalue weighted by molar-refractivity contribution is 5.79. The summed E-state index contributed by atoms with van der Waals surface area (Å²) in [5, 5.41) is 11.9. The molecular weight excluding hydrogens is 326 g/mol. The molecule has 1 aromatic carbocycles. The fraction of sp³-hybridized carbons (Fsp3) is 0.550. The van der Waals surface area contributed by atoms with Crippen LogP contribution >= 0.6 is 0 Å². The van der Waals surface area contributed by atoms with Crippen molar-refractivity contribution < 1.29 is 4.79 Å². The Balaban J connectivity index is 1.47. The summed E-state index contributed by atoms with van der Waals surface area (Å²) in [5.41, 5.74) is 1.97. The van der Waals surface area contributed by atoms with Crippen molar-refractivity contribution in [1.29, 1.82) is 0 Å². The second kappa shape index (κ2) is 6.41. The predicted octanol–water partition coefficient (Wildman–Crippen LogP) is 2.59. The third-order valence-corrected chi connectivity index (χ3v) is 5.58. The summed E-state index contributed by atoms with van der Waals surface area (Å²) < 4.78 is 2.18. The molecule has 0 aliphatic carbocycles. The number of nitrogens with zero attached hydrogens (tertiary/aromatic N) is 4. The van der Waals surface area contributed by atoms with E-state index >= 15 is 0 Å². The molecule has 1 atom stereocenters. The van der Waals surface area contributed by atoms with Gasteiger partial charge in [0.15, 0.2) is 5.82 Å². The minimum Gasteiger partial charge on any atom is -0.374 e. The topological polar surface area (TPSA) is 63.1 Å². The third kappa shape index (κ3) is 2.97. The lowest BCUT2D eigenvalue weighted by molar-refractivity contribution is -0.123. The number of hydrogen-bond acceptors (Lipinski definition) is 4. The van der Waals surface area contributed by atoms with Crippen molar-refractivity contribution in [2.24, 2.45) is 0 Å². The van der Waals surface area contributed by atoms with E-state index in [4.69, 9.17) is 0 Å². The summed E-state index contributed by atoms with van der Waals surface area (Å²) in [6.45, 7) is 5.86. The van der Waals surface area contributed by atoms with Crippen molar-refractivity contribution >= 4 is 11.6 Å². The van der Waals surface area contributed by atoms with Gasteiger partial charge >= 0.3 is 0 Å². The first-order valence-corrected chi connectivity index (χ1v) is 9.49. The van der Waals surface area contributed by atoms with E-state index in [1.807, 2.05) is 13.8 Å². The van der Waals surface area contributed by atoms with Crippen LogP contribution in [0.25, 0.3) is 0 Å². The number of aromatic nitrogens is 3. The van der Waals surface area contributed by atoms with Crippen LogP contribution in [0.4, 0.5) is 5.69 Å². The molecule has 6 nitrogen and oxygen atoms in total. The van der Waals surface area contributed by atoms with Gasteiger partial charge in [0.2, 0.25) is 5.91 Å². The normalized spacial score (nSPS) is 19.2. The Bertz CT molecular complexity index is 825. The maximum absolute atomic E-state index is 12.8. The van der Waals surface area contributed by atoms with Crippen molar-refractivity contribution in [2.75, 3.05) is 18.5 Å². The molecule has 4 rings (SSSR count). The molecule has 0 bridgehead atoms. The number of aryl methyl sites for hydroxylation is 1. The standard InChI is InChI=1S/C20H27N5O/c1-20(2,19-23-22-17-10-6-7-11-25(17)19)21-18(26)12-14-13-24(3)16-9-5-4-8-15(14)16/h4-5,8-9,14H,6-7,10-13H2,1-3H3,(H,21,26). The lowest BCUT2D eigenvalue weighted by Crippen LogP contribution is -2.44. The zero-order valence-corrected chi connectivity index (χ0v) is 15.8. The Kier molecular flexibility index (Phi) is 4.21. The van der Waals surface area contributed by atoms with Crippen LogP contribution in [0.3, 0.4) is 0 Å². The summed E-state index contributed by atoms with van der Waals surface area (Å²) in [6, 6.07) is 8.36. The zero-order chi connectivity index (χ0) is 18.3. The number of rotatable bonds is 4. The molecule has 2 aliphatic heterocycles. The highest BCUT2D eigenvalue weighted by Gasteiger charge is 2.33. The SMILES string of the molecule is CN1CC(CC(=O)NC(C)(C)c2nnc3n2CCCC3)c2ccccc21. The molecule has 1 amide bonds. The number of amides is 1. The van der Waals surface area contributed by atoms with E-state index in [1.165, 1.54) is 17.7 Å². The molecule has 0 radical (unpaired) electrons. The second-order valence-electron chi connectivity index (χ2n) is 8.06. The van der Waals surface area contributed by atoms with Gasteiger partial charge in [0, 0.05) is 44.6 Å². The summed E-state index contributed by atoms with van der Waals surface area (Å²) in [7, 11) is 2.09. The van der Waals surface area contributed by atoms with Crippen molar-refractivity contribution in [3.8, 4) is 0 Å². The number of para-hydroxylation sites is 1. The minimum absolute atomic E-state index is 0.0678. The summed E-state index contributed by atoms with van der Waals surface area (Å²) in [6.07, 6.45) is 3.78. The van der Waals surface area contributed by atoms with Gasteiger partial charge in [-0.25, -0.2) is 0 Å². The minimum atomic E-state index is -0.524. The van der Waals surface area contributed by atoms with E-state index in [0.29, 0.717) is 6.42 Å². The van der Waals surface area contributed by atoms with Gasteiger partial charge in [0.25, 0.3) is 0 Å². The molecule has 1 unspecified atom stereocenters. The van der Waals surface area contributed by atoms with Crippen molar-refractivity contribution in [1.82, 2.24) is 20.1 Å². The van der Waals surface area contributed by atoms with Gasteiger partial charge in [-0.3, -0.25) is 4.79 Å². The van der Waals surface area contributed by atoms with Crippen LogP contribution in [0, 0.1) is 0 Å². The molecule has 1 aromatic heterocycles. The van der Waals surface area contributed by atoms with E-state index in [9.17, 15) is 4.79 Å². The highest BCUT2D eigenvalue weighted by atomic mass is 16.1. The molecule has 0 fully saturated rings. The summed E-state index contributed by atoms with van der Waals surface area (Å²) in [5.74, 6) is 2.21. The number of hydrogen-bond donors (Lipinski definition) is 1. The Hall–Kier alpha value is -2.37. The number of anilines is 1. The molecule has 0 saturated carbocycles. The van der Waals surface area contributed by atoms with Crippen LogP contribution < -0.4 is 10.2 Å². The third-order valence-electron chi connectivity index (χ3n) is 5.58. The fourth-order valence-corrected chi connectivity index (χ4v) is 4.33. The molecule has 0 spiro atoms. The van der Waals surface area contributed by atoms with Gasteiger partial charge in [-0.05, 0) is 38.3 Å². The van der Waals surface area contributed by atoms with Gasteiger partial charge in [-0.2, -0.15) is 0 Å². The summed E-state index contributed by atoms with van der Waals surface area (Å²) >= 11 is 0. The maximum atomic E-state index is 12.8. The van der Waals surface area contributed by atoms with Crippen LogP contribution in [-0.4, -0.2) is 34.3 Å². The van der Waals surface area contributed by atoms with Crippen LogP contribution in [0.2, 0.25) is 0 Å². The number of nitrogens with one attached hydrogen (secondary N) is 1. The number of fused-ring (bicyclic) bond motifs is 2. The molecule has 6 heteroatoms. The van der Waals surface area contributed by atoms with E-state index in [-0.39, 0.29) is 11.8 Å². The van der Waals surface area contributed by atoms with E-state index in [2.05, 4.69) is 56.3 Å². The van der Waals surface area contributed by atoms with Crippen molar-refractivity contribution in [3.63, 3.8) is 0 Å². The fourth-order valence-electron chi connectivity index (χ4n) is 4.33. The zero-order valence-electron chi connectivity index (χ0n) is 15.8. The van der Waals surface area contributed by atoms with Gasteiger partial charge in [0.1, 0.15) is 5.82 Å². The van der Waals surface area contributed by atoms with Gasteiger partial charge in [-0.15, -0.1) is 10.2 Å². The first kappa shape index (κ1) is 17.1. The average Bonchev–Trinajstić information content (AvgIpc) is 3.17. The summed E-state index contributed by atoms with van der Waals surface area (Å²) in [4.78, 5) is 15.0. The van der Waals surface area contributed by atoms with Gasteiger partial charge in [0.05, 0.1) is 5.54 Å². The lowest BCUT2D eigenvalue weighted by atomic mass is 9.96. The molecule has 2 aromatic rings. The lowest BCUT2D eigenvalue weighted by Gasteiger charge is -2.28. The number of carbonyl (C=O) groups is 1. The molecule has 1 N–H and O–H groups in total. The Morgan fingerprint density at radius 2 is 2.08 bits per heavy atom. The monoisotopic (exact) mass is 353 g/mol. The molecule has 138 valence electrons. The van der Waals surface area contributed by atoms with Crippen LogP contribution in [-0.2, 0) is 23.3 Å². The molecule has 0 saturated heterocycles. The smallest absolute Gasteiger partial charge is 0.221 e. The first-order valence-electron chi connectivity index (χ1n) is 9.49. The Labute approximate surface area is 154 Å².